The summed E-state index contributed by atoms with van der Waals surface area (Å²) in [4.78, 5) is 23.0. The van der Waals surface area contributed by atoms with E-state index >= 15 is 0 Å². The van der Waals surface area contributed by atoms with Gasteiger partial charge in [-0.15, -0.1) is 0 Å². The largest absolute Gasteiger partial charge is 0.356 e. The van der Waals surface area contributed by atoms with Crippen LogP contribution in [0.2, 0.25) is 5.02 Å². The summed E-state index contributed by atoms with van der Waals surface area (Å²) in [7, 11) is 0. The molecular weight excluding hydrogens is 384 g/mol. The summed E-state index contributed by atoms with van der Waals surface area (Å²) >= 11 is 5.91. The van der Waals surface area contributed by atoms with E-state index in [1.807, 2.05) is 24.3 Å². The molecule has 1 aliphatic heterocycles. The number of halogens is 1. The van der Waals surface area contributed by atoms with Gasteiger partial charge in [-0.25, -0.2) is 4.98 Å². The molecule has 1 aliphatic rings. The minimum Gasteiger partial charge on any atom is -0.356 e. The molecule has 2 N–H and O–H groups in total. The minimum atomic E-state index is 0.106. The van der Waals surface area contributed by atoms with Crippen molar-refractivity contribution in [2.24, 2.45) is 5.92 Å². The summed E-state index contributed by atoms with van der Waals surface area (Å²) in [6, 6.07) is 14.1. The highest BCUT2D eigenvalue weighted by molar-refractivity contribution is 6.30. The number of amides is 1. The SMILES string of the molecule is Cc1ccc2nc(CN3CCC(C(=O)NCCc4ccc(Cl)cc4)CC3)[nH]c2c1. The van der Waals surface area contributed by atoms with Gasteiger partial charge in [0, 0.05) is 17.5 Å². The number of benzene rings is 2. The Balaban J connectivity index is 1.22. The van der Waals surface area contributed by atoms with Crippen LogP contribution in [-0.4, -0.2) is 40.4 Å². The van der Waals surface area contributed by atoms with E-state index in [0.717, 1.165) is 60.8 Å². The molecule has 1 aromatic heterocycles. The van der Waals surface area contributed by atoms with E-state index in [1.165, 1.54) is 11.1 Å². The Kier molecular flexibility index (Phi) is 6.16. The number of nitrogens with one attached hydrogen (secondary N) is 2. The molecule has 0 unspecified atom stereocenters. The molecule has 1 saturated heterocycles. The summed E-state index contributed by atoms with van der Waals surface area (Å²) in [6.07, 6.45) is 2.62. The third-order valence-electron chi connectivity index (χ3n) is 5.64. The zero-order valence-corrected chi connectivity index (χ0v) is 17.5. The van der Waals surface area contributed by atoms with Crippen LogP contribution in [0.1, 0.15) is 29.8 Å². The second-order valence-electron chi connectivity index (χ2n) is 7.92. The van der Waals surface area contributed by atoms with Crippen LogP contribution in [0.4, 0.5) is 0 Å². The number of piperidine rings is 1. The number of aryl methyl sites for hydroxylation is 1. The first kappa shape index (κ1) is 19.9. The topological polar surface area (TPSA) is 61.0 Å². The van der Waals surface area contributed by atoms with E-state index in [1.54, 1.807) is 0 Å². The first-order chi connectivity index (χ1) is 14.1. The normalized spacial score (nSPS) is 15.7. The van der Waals surface area contributed by atoms with Gasteiger partial charge in [-0.2, -0.15) is 0 Å². The lowest BCUT2D eigenvalue weighted by atomic mass is 9.96. The Morgan fingerprint density at radius 1 is 1.21 bits per heavy atom. The monoisotopic (exact) mass is 410 g/mol. The smallest absolute Gasteiger partial charge is 0.223 e. The molecule has 2 aromatic carbocycles. The fourth-order valence-electron chi connectivity index (χ4n) is 3.94. The van der Waals surface area contributed by atoms with E-state index in [0.29, 0.717) is 6.54 Å². The van der Waals surface area contributed by atoms with Gasteiger partial charge in [-0.05, 0) is 74.7 Å². The van der Waals surface area contributed by atoms with Crippen LogP contribution in [0.5, 0.6) is 0 Å². The predicted molar refractivity (Wildman–Crippen MR) is 117 cm³/mol. The number of aromatic nitrogens is 2. The van der Waals surface area contributed by atoms with Gasteiger partial charge in [0.05, 0.1) is 17.6 Å². The summed E-state index contributed by atoms with van der Waals surface area (Å²) in [5.41, 5.74) is 4.52. The Hall–Kier alpha value is -2.37. The lowest BCUT2D eigenvalue weighted by Crippen LogP contribution is -2.40. The molecule has 0 aliphatic carbocycles. The molecule has 2 heterocycles. The number of aromatic amines is 1. The fraction of sp³-hybridized carbons (Fsp3) is 0.391. The summed E-state index contributed by atoms with van der Waals surface area (Å²) in [5, 5.41) is 3.83. The average Bonchev–Trinajstić information content (AvgIpc) is 3.11. The maximum atomic E-state index is 12.5. The molecule has 0 radical (unpaired) electrons. The molecule has 29 heavy (non-hydrogen) atoms. The number of likely N-dealkylation sites (tertiary alicyclic amines) is 1. The Morgan fingerprint density at radius 2 is 1.97 bits per heavy atom. The van der Waals surface area contributed by atoms with Crippen LogP contribution >= 0.6 is 11.6 Å². The average molecular weight is 411 g/mol. The number of carbonyl (C=O) groups is 1. The Labute approximate surface area is 176 Å². The lowest BCUT2D eigenvalue weighted by Gasteiger charge is -2.30. The van der Waals surface area contributed by atoms with Crippen LogP contribution in [0.15, 0.2) is 42.5 Å². The Morgan fingerprint density at radius 3 is 2.72 bits per heavy atom. The predicted octanol–water partition coefficient (Wildman–Crippen LogP) is 4.10. The van der Waals surface area contributed by atoms with Crippen LogP contribution in [0.3, 0.4) is 0 Å². The van der Waals surface area contributed by atoms with Crippen molar-refractivity contribution in [2.45, 2.75) is 32.7 Å². The minimum absolute atomic E-state index is 0.106. The molecular formula is C23H27ClN4O. The fourth-order valence-corrected chi connectivity index (χ4v) is 4.07. The van der Waals surface area contributed by atoms with Crippen LogP contribution < -0.4 is 5.32 Å². The van der Waals surface area contributed by atoms with Gasteiger partial charge in [0.15, 0.2) is 0 Å². The molecule has 152 valence electrons. The highest BCUT2D eigenvalue weighted by atomic mass is 35.5. The number of hydrogen-bond acceptors (Lipinski definition) is 3. The van der Waals surface area contributed by atoms with Crippen molar-refractivity contribution >= 4 is 28.5 Å². The van der Waals surface area contributed by atoms with Crippen molar-refractivity contribution in [3.8, 4) is 0 Å². The zero-order chi connectivity index (χ0) is 20.2. The van der Waals surface area contributed by atoms with E-state index < -0.39 is 0 Å². The molecule has 0 atom stereocenters. The number of hydrogen-bond donors (Lipinski definition) is 2. The molecule has 0 saturated carbocycles. The maximum Gasteiger partial charge on any atom is 0.223 e. The third-order valence-corrected chi connectivity index (χ3v) is 5.90. The molecule has 6 heteroatoms. The van der Waals surface area contributed by atoms with Crippen molar-refractivity contribution in [2.75, 3.05) is 19.6 Å². The second-order valence-corrected chi connectivity index (χ2v) is 8.36. The second kappa shape index (κ2) is 8.97. The number of H-pyrrole nitrogens is 1. The lowest BCUT2D eigenvalue weighted by molar-refractivity contribution is -0.126. The molecule has 0 bridgehead atoms. The van der Waals surface area contributed by atoms with Gasteiger partial charge in [0.25, 0.3) is 0 Å². The first-order valence-electron chi connectivity index (χ1n) is 10.3. The Bertz CT molecular complexity index is 974. The molecule has 4 rings (SSSR count). The van der Waals surface area contributed by atoms with Gasteiger partial charge in [-0.1, -0.05) is 29.8 Å². The van der Waals surface area contributed by atoms with E-state index in [9.17, 15) is 4.79 Å². The van der Waals surface area contributed by atoms with Crippen molar-refractivity contribution in [3.05, 3.63) is 64.4 Å². The highest BCUT2D eigenvalue weighted by Crippen LogP contribution is 2.20. The quantitative estimate of drug-likeness (QED) is 0.643. The van der Waals surface area contributed by atoms with Crippen LogP contribution in [0.25, 0.3) is 11.0 Å². The first-order valence-corrected chi connectivity index (χ1v) is 10.6. The highest BCUT2D eigenvalue weighted by Gasteiger charge is 2.25. The number of rotatable bonds is 6. The molecule has 5 nitrogen and oxygen atoms in total. The maximum absolute atomic E-state index is 12.5. The molecule has 1 amide bonds. The van der Waals surface area contributed by atoms with Crippen LogP contribution in [0, 0.1) is 12.8 Å². The number of fused-ring (bicyclic) bond motifs is 1. The number of nitrogens with zero attached hydrogens (tertiary/aromatic N) is 2. The summed E-state index contributed by atoms with van der Waals surface area (Å²) < 4.78 is 0. The van der Waals surface area contributed by atoms with E-state index in [4.69, 9.17) is 16.6 Å². The zero-order valence-electron chi connectivity index (χ0n) is 16.7. The van der Waals surface area contributed by atoms with E-state index in [2.05, 4.69) is 40.3 Å². The third kappa shape index (κ3) is 5.17. The van der Waals surface area contributed by atoms with E-state index in [-0.39, 0.29) is 11.8 Å². The summed E-state index contributed by atoms with van der Waals surface area (Å²) in [5.74, 6) is 1.28. The molecule has 1 fully saturated rings. The van der Waals surface area contributed by atoms with Crippen molar-refractivity contribution in [1.29, 1.82) is 0 Å². The van der Waals surface area contributed by atoms with Crippen LogP contribution in [-0.2, 0) is 17.8 Å². The van der Waals surface area contributed by atoms with Gasteiger partial charge < -0.3 is 10.3 Å². The summed E-state index contributed by atoms with van der Waals surface area (Å²) in [6.45, 7) is 5.40. The van der Waals surface area contributed by atoms with Gasteiger partial charge in [0.2, 0.25) is 5.91 Å². The van der Waals surface area contributed by atoms with Gasteiger partial charge >= 0.3 is 0 Å². The number of imidazole rings is 1. The van der Waals surface area contributed by atoms with Crippen molar-refractivity contribution in [1.82, 2.24) is 20.2 Å². The van der Waals surface area contributed by atoms with Crippen molar-refractivity contribution in [3.63, 3.8) is 0 Å². The standard InChI is InChI=1S/C23H27ClN4O/c1-16-2-7-20-21(14-16)27-22(26-20)15-28-12-9-18(10-13-28)23(29)25-11-8-17-3-5-19(24)6-4-17/h2-7,14,18H,8-13,15H2,1H3,(H,25,29)(H,26,27). The van der Waals surface area contributed by atoms with Gasteiger partial charge in [0.1, 0.15) is 5.82 Å². The number of carbonyl (C=O) groups excluding carboxylic acids is 1. The molecule has 0 spiro atoms. The van der Waals surface area contributed by atoms with Gasteiger partial charge in [-0.3, -0.25) is 9.69 Å². The van der Waals surface area contributed by atoms with Crippen molar-refractivity contribution < 1.29 is 4.79 Å². The molecule has 3 aromatic rings.